The van der Waals surface area contributed by atoms with E-state index in [0.717, 1.165) is 0 Å². The summed E-state index contributed by atoms with van der Waals surface area (Å²) in [6.07, 6.45) is -1.38. The van der Waals surface area contributed by atoms with Gasteiger partial charge in [0.25, 0.3) is 5.91 Å². The fourth-order valence-electron chi connectivity index (χ4n) is 2.09. The highest BCUT2D eigenvalue weighted by molar-refractivity contribution is 14.1. The van der Waals surface area contributed by atoms with Crippen molar-refractivity contribution in [1.29, 1.82) is 0 Å². The van der Waals surface area contributed by atoms with E-state index in [1.165, 1.54) is 23.1 Å². The molecule has 108 valence electrons. The summed E-state index contributed by atoms with van der Waals surface area (Å²) < 4.78 is 18.8. The normalized spacial score (nSPS) is 22.6. The third-order valence-corrected chi connectivity index (χ3v) is 3.88. The number of carboxylic acid groups (broad SMARTS) is 1. The van der Waals surface area contributed by atoms with Crippen molar-refractivity contribution >= 4 is 34.5 Å². The lowest BCUT2D eigenvalue weighted by atomic mass is 10.1. The minimum atomic E-state index is -1.09. The van der Waals surface area contributed by atoms with Crippen LogP contribution < -0.4 is 0 Å². The molecule has 1 heterocycles. The standard InChI is InChI=1S/C13H13FINO4/c1-7-5-16(6-11(20-7)13(18)19)12(17)9-3-2-8(14)4-10(9)15/h2-4,7,11H,5-6H2,1H3,(H,18,19)/t7-,11?/m1/s1. The summed E-state index contributed by atoms with van der Waals surface area (Å²) >= 11 is 1.89. The van der Waals surface area contributed by atoms with Gasteiger partial charge in [0.1, 0.15) is 5.82 Å². The van der Waals surface area contributed by atoms with Gasteiger partial charge in [0.2, 0.25) is 0 Å². The fraction of sp³-hybridized carbons (Fsp3) is 0.385. The topological polar surface area (TPSA) is 66.8 Å². The molecule has 2 rings (SSSR count). The van der Waals surface area contributed by atoms with Gasteiger partial charge in [0.15, 0.2) is 6.10 Å². The highest BCUT2D eigenvalue weighted by Crippen LogP contribution is 2.19. The molecular formula is C13H13FINO4. The Bertz CT molecular complexity index is 551. The number of nitrogens with zero attached hydrogens (tertiary/aromatic N) is 1. The number of hydrogen-bond acceptors (Lipinski definition) is 3. The number of ether oxygens (including phenoxy) is 1. The molecule has 0 bridgehead atoms. The van der Waals surface area contributed by atoms with E-state index in [1.54, 1.807) is 6.92 Å². The second kappa shape index (κ2) is 6.04. The van der Waals surface area contributed by atoms with Gasteiger partial charge in [-0.1, -0.05) is 0 Å². The average Bonchev–Trinajstić information content (AvgIpc) is 2.37. The highest BCUT2D eigenvalue weighted by atomic mass is 127. The van der Waals surface area contributed by atoms with E-state index in [4.69, 9.17) is 9.84 Å². The molecule has 1 aliphatic heterocycles. The van der Waals surface area contributed by atoms with Crippen LogP contribution in [-0.2, 0) is 9.53 Å². The van der Waals surface area contributed by atoms with Crippen LogP contribution in [0.2, 0.25) is 0 Å². The summed E-state index contributed by atoms with van der Waals surface area (Å²) in [6.45, 7) is 2.02. The van der Waals surface area contributed by atoms with Crippen molar-refractivity contribution in [3.8, 4) is 0 Å². The molecule has 0 spiro atoms. The lowest BCUT2D eigenvalue weighted by molar-refractivity contribution is -0.160. The predicted octanol–water partition coefficient (Wildman–Crippen LogP) is 1.74. The van der Waals surface area contributed by atoms with Gasteiger partial charge in [-0.2, -0.15) is 0 Å². The van der Waals surface area contributed by atoms with E-state index in [0.29, 0.717) is 15.7 Å². The van der Waals surface area contributed by atoms with Crippen molar-refractivity contribution in [2.24, 2.45) is 0 Å². The Labute approximate surface area is 128 Å². The zero-order valence-corrected chi connectivity index (χ0v) is 12.8. The second-order valence-electron chi connectivity index (χ2n) is 4.61. The summed E-state index contributed by atoms with van der Waals surface area (Å²) in [5, 5.41) is 9.00. The molecule has 0 aliphatic carbocycles. The van der Waals surface area contributed by atoms with Crippen molar-refractivity contribution in [3.63, 3.8) is 0 Å². The van der Waals surface area contributed by atoms with Gasteiger partial charge >= 0.3 is 5.97 Å². The van der Waals surface area contributed by atoms with Gasteiger partial charge in [-0.05, 0) is 47.7 Å². The maximum Gasteiger partial charge on any atom is 0.334 e. The molecule has 1 aromatic carbocycles. The molecule has 0 saturated carbocycles. The van der Waals surface area contributed by atoms with Crippen LogP contribution in [0.4, 0.5) is 4.39 Å². The van der Waals surface area contributed by atoms with Gasteiger partial charge in [0, 0.05) is 10.1 Å². The van der Waals surface area contributed by atoms with E-state index in [2.05, 4.69) is 0 Å². The summed E-state index contributed by atoms with van der Waals surface area (Å²) in [5.74, 6) is -1.82. The molecule has 1 fully saturated rings. The molecule has 1 amide bonds. The Morgan fingerprint density at radius 1 is 1.45 bits per heavy atom. The quantitative estimate of drug-likeness (QED) is 0.778. The van der Waals surface area contributed by atoms with Crippen LogP contribution in [0, 0.1) is 9.39 Å². The Morgan fingerprint density at radius 3 is 2.75 bits per heavy atom. The number of morpholine rings is 1. The second-order valence-corrected chi connectivity index (χ2v) is 5.77. The van der Waals surface area contributed by atoms with Crippen molar-refractivity contribution in [1.82, 2.24) is 4.90 Å². The molecule has 1 saturated heterocycles. The largest absolute Gasteiger partial charge is 0.479 e. The third kappa shape index (κ3) is 3.26. The lowest BCUT2D eigenvalue weighted by Crippen LogP contribution is -2.51. The predicted molar refractivity (Wildman–Crippen MR) is 77.0 cm³/mol. The van der Waals surface area contributed by atoms with Crippen LogP contribution in [0.25, 0.3) is 0 Å². The minimum absolute atomic E-state index is 0.00797. The van der Waals surface area contributed by atoms with Crippen LogP contribution in [0.1, 0.15) is 17.3 Å². The van der Waals surface area contributed by atoms with Crippen LogP contribution in [0.3, 0.4) is 0 Å². The molecule has 1 aliphatic rings. The number of carbonyl (C=O) groups is 2. The lowest BCUT2D eigenvalue weighted by Gasteiger charge is -2.35. The minimum Gasteiger partial charge on any atom is -0.479 e. The molecule has 2 atom stereocenters. The Kier molecular flexibility index (Phi) is 4.59. The van der Waals surface area contributed by atoms with Crippen molar-refractivity contribution in [2.75, 3.05) is 13.1 Å². The number of hydrogen-bond donors (Lipinski definition) is 1. The number of carbonyl (C=O) groups excluding carboxylic acids is 1. The highest BCUT2D eigenvalue weighted by Gasteiger charge is 2.33. The van der Waals surface area contributed by atoms with E-state index in [9.17, 15) is 14.0 Å². The first-order valence-electron chi connectivity index (χ1n) is 6.01. The molecule has 7 heteroatoms. The number of carboxylic acids is 1. The SMILES string of the molecule is C[C@@H]1CN(C(=O)c2ccc(F)cc2I)CC(C(=O)O)O1. The first kappa shape index (κ1) is 15.2. The molecule has 1 N–H and O–H groups in total. The van der Waals surface area contributed by atoms with E-state index >= 15 is 0 Å². The smallest absolute Gasteiger partial charge is 0.334 e. The van der Waals surface area contributed by atoms with Crippen molar-refractivity contribution < 1.29 is 23.8 Å². The number of halogens is 2. The van der Waals surface area contributed by atoms with Crippen LogP contribution in [0.5, 0.6) is 0 Å². The molecule has 0 aromatic heterocycles. The van der Waals surface area contributed by atoms with E-state index < -0.39 is 17.9 Å². The fourth-order valence-corrected chi connectivity index (χ4v) is 2.79. The molecule has 0 radical (unpaired) electrons. The summed E-state index contributed by atoms with van der Waals surface area (Å²) in [6, 6.07) is 3.90. The Hall–Kier alpha value is -1.22. The van der Waals surface area contributed by atoms with E-state index in [-0.39, 0.29) is 18.6 Å². The number of amides is 1. The average molecular weight is 393 g/mol. The summed E-state index contributed by atoms with van der Waals surface area (Å²) in [7, 11) is 0. The van der Waals surface area contributed by atoms with Crippen molar-refractivity contribution in [2.45, 2.75) is 19.1 Å². The van der Waals surface area contributed by atoms with Crippen molar-refractivity contribution in [3.05, 3.63) is 33.1 Å². The number of rotatable bonds is 2. The van der Waals surface area contributed by atoms with Crippen LogP contribution >= 0.6 is 22.6 Å². The first-order valence-corrected chi connectivity index (χ1v) is 7.09. The van der Waals surface area contributed by atoms with Gasteiger partial charge in [0.05, 0.1) is 18.2 Å². The molecule has 1 aromatic rings. The number of benzene rings is 1. The first-order chi connectivity index (χ1) is 9.38. The molecule has 5 nitrogen and oxygen atoms in total. The van der Waals surface area contributed by atoms with Gasteiger partial charge in [-0.3, -0.25) is 4.79 Å². The summed E-state index contributed by atoms with van der Waals surface area (Å²) in [5.41, 5.74) is 0.366. The van der Waals surface area contributed by atoms with Gasteiger partial charge < -0.3 is 14.7 Å². The van der Waals surface area contributed by atoms with Gasteiger partial charge in [-0.15, -0.1) is 0 Å². The Balaban J connectivity index is 2.21. The Morgan fingerprint density at radius 2 is 2.15 bits per heavy atom. The molecule has 20 heavy (non-hydrogen) atoms. The number of aliphatic carboxylic acids is 1. The monoisotopic (exact) mass is 393 g/mol. The summed E-state index contributed by atoms with van der Waals surface area (Å²) in [4.78, 5) is 24.8. The molecular weight excluding hydrogens is 380 g/mol. The zero-order chi connectivity index (χ0) is 14.9. The zero-order valence-electron chi connectivity index (χ0n) is 10.7. The van der Waals surface area contributed by atoms with Gasteiger partial charge in [-0.25, -0.2) is 9.18 Å². The third-order valence-electron chi connectivity index (χ3n) is 2.98. The van der Waals surface area contributed by atoms with Crippen LogP contribution in [0.15, 0.2) is 18.2 Å². The maximum atomic E-state index is 13.1. The van der Waals surface area contributed by atoms with E-state index in [1.807, 2.05) is 22.6 Å². The van der Waals surface area contributed by atoms with Crippen LogP contribution in [-0.4, -0.2) is 47.2 Å². The molecule has 1 unspecified atom stereocenters. The maximum absolute atomic E-state index is 13.1.